The highest BCUT2D eigenvalue weighted by atomic mass is 16.3. The Labute approximate surface area is 494 Å². The Hall–Kier alpha value is -11.6. The number of furan rings is 2. The average molecular weight is 1100 g/mol. The van der Waals surface area contributed by atoms with Crippen LogP contribution in [0.3, 0.4) is 0 Å². The molecule has 1 aliphatic heterocycles. The van der Waals surface area contributed by atoms with Gasteiger partial charge in [-0.25, -0.2) is 4.85 Å². The standard InChI is InChI=1S/C79H47N5O2/c1-46-21-4-12-37-64(46)82(68-41-19-32-57-55-30-16-23-48(45-80)75(55)85-77(57)68)70-43-61-72(52-27-8-6-24-49(52)70)73-53-28-9-7-25-50(53)71(83(65-38-13-5-22-47(65)2)69-42-20-33-58-56-31-18-36-63(81-3)76(56)86-78(58)69)44-62(73)79(61)59-34-11-15-40-67(59)84-66-39-14-10-26-51(66)54-29-17-35-60(79)74(54)84/h4-44H,1-2H3. The summed E-state index contributed by atoms with van der Waals surface area (Å²) in [6, 6.07) is 92.0. The molecule has 0 bridgehead atoms. The van der Waals surface area contributed by atoms with Gasteiger partial charge in [0.2, 0.25) is 5.69 Å². The molecule has 400 valence electrons. The monoisotopic (exact) mass is 1100 g/mol. The molecule has 4 heterocycles. The van der Waals surface area contributed by atoms with Gasteiger partial charge in [-0.1, -0.05) is 194 Å². The summed E-state index contributed by atoms with van der Waals surface area (Å²) in [6.07, 6.45) is 0. The third-order valence-corrected chi connectivity index (χ3v) is 18.7. The molecule has 1 unspecified atom stereocenters. The summed E-state index contributed by atoms with van der Waals surface area (Å²) >= 11 is 0. The van der Waals surface area contributed by atoms with Crippen LogP contribution in [0.1, 0.15) is 38.9 Å². The van der Waals surface area contributed by atoms with E-state index in [0.717, 1.165) is 111 Å². The lowest BCUT2D eigenvalue weighted by atomic mass is 9.65. The van der Waals surface area contributed by atoms with Gasteiger partial charge in [0.1, 0.15) is 11.7 Å². The van der Waals surface area contributed by atoms with Crippen LogP contribution in [0.25, 0.3) is 109 Å². The first-order valence-corrected chi connectivity index (χ1v) is 29.1. The summed E-state index contributed by atoms with van der Waals surface area (Å²) < 4.78 is 16.6. The van der Waals surface area contributed by atoms with Gasteiger partial charge in [0.25, 0.3) is 0 Å². The fraction of sp³-hybridized carbons (Fsp3) is 0.0380. The van der Waals surface area contributed by atoms with Gasteiger partial charge >= 0.3 is 0 Å². The summed E-state index contributed by atoms with van der Waals surface area (Å²) in [6.45, 7) is 12.6. The zero-order valence-electron chi connectivity index (χ0n) is 46.7. The van der Waals surface area contributed by atoms with Crippen molar-refractivity contribution in [2.24, 2.45) is 0 Å². The second kappa shape index (κ2) is 17.7. The SMILES string of the molecule is [C-]#[N+]c1cccc2c1oc1c(N(c3ccccc3C)c3cc4c(c5ccccc35)-c3c(cc(N(c5ccccc5C)c5cccc6c5oc5c(C#N)cccc56)c5ccccc35)C43c4ccccc4-n4c5ccccc5c5cccc3c54)cccc12. The Morgan fingerprint density at radius 3 is 1.44 bits per heavy atom. The predicted octanol–water partition coefficient (Wildman–Crippen LogP) is 21.5. The molecule has 0 fully saturated rings. The first-order chi connectivity index (χ1) is 42.5. The van der Waals surface area contributed by atoms with E-state index in [9.17, 15) is 5.26 Å². The van der Waals surface area contributed by atoms with Crippen LogP contribution in [0.15, 0.2) is 258 Å². The van der Waals surface area contributed by atoms with Crippen LogP contribution in [0.2, 0.25) is 0 Å². The molecule has 0 saturated heterocycles. The van der Waals surface area contributed by atoms with Gasteiger partial charge in [0.05, 0.1) is 57.0 Å². The topological polar surface area (TPSA) is 65.8 Å². The van der Waals surface area contributed by atoms with Gasteiger partial charge in [-0.3, -0.25) is 0 Å². The molecule has 0 amide bonds. The zero-order valence-corrected chi connectivity index (χ0v) is 46.7. The van der Waals surface area contributed by atoms with Gasteiger partial charge in [-0.15, -0.1) is 0 Å². The Kier molecular flexibility index (Phi) is 9.86. The van der Waals surface area contributed by atoms with Crippen LogP contribution in [0, 0.1) is 31.8 Å². The molecule has 16 aromatic rings. The third kappa shape index (κ3) is 6.17. The highest BCUT2D eigenvalue weighted by Gasteiger charge is 2.53. The normalized spacial score (nSPS) is 14.0. The van der Waals surface area contributed by atoms with Gasteiger partial charge in [0, 0.05) is 54.5 Å². The molecule has 7 nitrogen and oxygen atoms in total. The lowest BCUT2D eigenvalue weighted by Gasteiger charge is -2.40. The fourth-order valence-electron chi connectivity index (χ4n) is 15.2. The molecular formula is C79H47N5O2. The summed E-state index contributed by atoms with van der Waals surface area (Å²) in [7, 11) is 0. The van der Waals surface area contributed by atoms with Crippen LogP contribution < -0.4 is 9.80 Å². The summed E-state index contributed by atoms with van der Waals surface area (Å²) in [4.78, 5) is 8.77. The Bertz CT molecular complexity index is 5490. The van der Waals surface area contributed by atoms with Gasteiger partial charge in [-0.05, 0) is 124 Å². The van der Waals surface area contributed by atoms with Crippen molar-refractivity contribution in [3.05, 3.63) is 299 Å². The van der Waals surface area contributed by atoms with Crippen LogP contribution in [0.5, 0.6) is 0 Å². The van der Waals surface area contributed by atoms with Gasteiger partial charge in [-0.2, -0.15) is 5.26 Å². The fourth-order valence-corrected chi connectivity index (χ4v) is 15.2. The van der Waals surface area contributed by atoms with Crippen molar-refractivity contribution in [3.63, 3.8) is 0 Å². The molecule has 86 heavy (non-hydrogen) atoms. The molecular weight excluding hydrogens is 1050 g/mol. The molecule has 1 atom stereocenters. The van der Waals surface area contributed by atoms with Crippen molar-refractivity contribution in [2.45, 2.75) is 19.3 Å². The van der Waals surface area contributed by atoms with Crippen LogP contribution >= 0.6 is 0 Å². The van der Waals surface area contributed by atoms with E-state index in [1.165, 1.54) is 38.5 Å². The van der Waals surface area contributed by atoms with E-state index in [-0.39, 0.29) is 0 Å². The van der Waals surface area contributed by atoms with Crippen molar-refractivity contribution in [2.75, 3.05) is 9.80 Å². The average Bonchev–Trinajstić information content (AvgIpc) is 1.47. The van der Waals surface area contributed by atoms with E-state index in [0.29, 0.717) is 33.6 Å². The smallest absolute Gasteiger partial charge is 0.229 e. The number of nitrogens with zero attached hydrogens (tertiary/aromatic N) is 5. The number of aryl methyl sites for hydroxylation is 2. The molecule has 7 heteroatoms. The molecule has 1 aliphatic carbocycles. The summed E-state index contributed by atoms with van der Waals surface area (Å²) in [5.74, 6) is 0. The number of aromatic nitrogens is 1. The van der Waals surface area contributed by atoms with Gasteiger partial charge in [0.15, 0.2) is 16.7 Å². The van der Waals surface area contributed by atoms with Crippen molar-refractivity contribution in [1.82, 2.24) is 4.57 Å². The second-order valence-electron chi connectivity index (χ2n) is 22.9. The number of para-hydroxylation sites is 9. The quantitative estimate of drug-likeness (QED) is 0.155. The number of hydrogen-bond donors (Lipinski definition) is 0. The van der Waals surface area contributed by atoms with Gasteiger partial charge < -0.3 is 23.2 Å². The molecule has 0 radical (unpaired) electrons. The Morgan fingerprint density at radius 1 is 0.395 bits per heavy atom. The minimum Gasteiger partial charge on any atom is -0.465 e. The van der Waals surface area contributed by atoms with Crippen LogP contribution in [0.4, 0.5) is 39.8 Å². The lowest BCUT2D eigenvalue weighted by Crippen LogP contribution is -2.34. The minimum absolute atomic E-state index is 0.479. The molecule has 18 rings (SSSR count). The number of anilines is 6. The largest absolute Gasteiger partial charge is 0.465 e. The Balaban J connectivity index is 1.03. The van der Waals surface area contributed by atoms with E-state index >= 15 is 0 Å². The number of nitriles is 1. The van der Waals surface area contributed by atoms with Crippen molar-refractivity contribution in [3.8, 4) is 22.9 Å². The number of hydrogen-bond acceptors (Lipinski definition) is 5. The third-order valence-electron chi connectivity index (χ3n) is 18.7. The number of benzene rings is 13. The highest BCUT2D eigenvalue weighted by Crippen LogP contribution is 2.66. The predicted molar refractivity (Wildman–Crippen MR) is 351 cm³/mol. The molecule has 3 aromatic heterocycles. The lowest BCUT2D eigenvalue weighted by molar-refractivity contribution is 0.668. The van der Waals surface area contributed by atoms with Crippen molar-refractivity contribution < 1.29 is 8.83 Å². The van der Waals surface area contributed by atoms with Crippen LogP contribution in [-0.4, -0.2) is 4.57 Å². The number of rotatable bonds is 6. The molecule has 2 aliphatic rings. The molecule has 0 saturated carbocycles. The molecule has 0 N–H and O–H groups in total. The van der Waals surface area contributed by atoms with E-state index in [1.807, 2.05) is 24.3 Å². The zero-order chi connectivity index (χ0) is 57.1. The highest BCUT2D eigenvalue weighted by molar-refractivity contribution is 6.22. The Morgan fingerprint density at radius 2 is 0.837 bits per heavy atom. The van der Waals surface area contributed by atoms with E-state index in [2.05, 4.69) is 264 Å². The van der Waals surface area contributed by atoms with Crippen molar-refractivity contribution in [1.29, 1.82) is 5.26 Å². The molecule has 13 aromatic carbocycles. The first-order valence-electron chi connectivity index (χ1n) is 29.1. The summed E-state index contributed by atoms with van der Waals surface area (Å²) in [5.41, 5.74) is 21.0. The minimum atomic E-state index is -0.944. The van der Waals surface area contributed by atoms with Crippen molar-refractivity contribution >= 4 is 127 Å². The number of fused-ring (bicyclic) bond motifs is 22. The van der Waals surface area contributed by atoms with E-state index in [4.69, 9.17) is 15.4 Å². The maximum absolute atomic E-state index is 10.5. The van der Waals surface area contributed by atoms with Crippen LogP contribution in [-0.2, 0) is 5.41 Å². The maximum Gasteiger partial charge on any atom is 0.229 e. The molecule has 1 spiro atoms. The first kappa shape index (κ1) is 47.9. The maximum atomic E-state index is 10.5. The van der Waals surface area contributed by atoms with E-state index in [1.54, 1.807) is 0 Å². The van der Waals surface area contributed by atoms with E-state index < -0.39 is 5.41 Å². The second-order valence-corrected chi connectivity index (χ2v) is 22.9. The summed E-state index contributed by atoms with van der Waals surface area (Å²) in [5, 5.41) is 20.9.